The first-order valence-electron chi connectivity index (χ1n) is 4.91. The van der Waals surface area contributed by atoms with Gasteiger partial charge in [-0.25, -0.2) is 8.78 Å². The van der Waals surface area contributed by atoms with Gasteiger partial charge < -0.3 is 15.5 Å². The van der Waals surface area contributed by atoms with Crippen molar-refractivity contribution in [2.45, 2.75) is 19.8 Å². The van der Waals surface area contributed by atoms with Gasteiger partial charge in [0, 0.05) is 6.20 Å². The molecule has 0 atom stereocenters. The lowest BCUT2D eigenvalue weighted by Gasteiger charge is -2.07. The fourth-order valence-electron chi connectivity index (χ4n) is 1.27. The number of nitrogen functional groups attached to an aromatic ring is 1. The van der Waals surface area contributed by atoms with E-state index in [0.29, 0.717) is 0 Å². The molecule has 0 aliphatic heterocycles. The minimum atomic E-state index is -2.90. The van der Waals surface area contributed by atoms with Crippen molar-refractivity contribution in [2.75, 3.05) is 12.3 Å². The van der Waals surface area contributed by atoms with E-state index in [1.807, 2.05) is 0 Å². The Bertz CT molecular complexity index is 471. The molecule has 0 bridgehead atoms. The van der Waals surface area contributed by atoms with Gasteiger partial charge in [0.05, 0.1) is 24.3 Å². The number of hydrogen-bond donors (Lipinski definition) is 2. The Morgan fingerprint density at radius 1 is 1.59 bits per heavy atom. The highest BCUT2D eigenvalue weighted by Crippen LogP contribution is 2.16. The summed E-state index contributed by atoms with van der Waals surface area (Å²) in [5, 5.41) is 0. The molecule has 17 heavy (non-hydrogen) atoms. The van der Waals surface area contributed by atoms with Gasteiger partial charge in [-0.15, -0.1) is 0 Å². The Balaban J connectivity index is 3.01. The molecule has 7 heteroatoms. The van der Waals surface area contributed by atoms with E-state index < -0.39 is 23.4 Å². The van der Waals surface area contributed by atoms with Crippen molar-refractivity contribution in [1.82, 2.24) is 4.98 Å². The van der Waals surface area contributed by atoms with Crippen LogP contribution in [0.15, 0.2) is 11.0 Å². The summed E-state index contributed by atoms with van der Waals surface area (Å²) in [5.74, 6) is -0.584. The third kappa shape index (κ3) is 3.02. The zero-order chi connectivity index (χ0) is 13.0. The monoisotopic (exact) mass is 246 g/mol. The van der Waals surface area contributed by atoms with E-state index in [0.717, 1.165) is 6.20 Å². The minimum absolute atomic E-state index is 0.0813. The van der Waals surface area contributed by atoms with Crippen molar-refractivity contribution in [1.29, 1.82) is 0 Å². The lowest BCUT2D eigenvalue weighted by atomic mass is 10.2. The quantitative estimate of drug-likeness (QED) is 0.776. The molecule has 0 unspecified atom stereocenters. The Morgan fingerprint density at radius 2 is 2.24 bits per heavy atom. The molecule has 0 radical (unpaired) electrons. The highest BCUT2D eigenvalue weighted by atomic mass is 19.3. The Hall–Kier alpha value is -1.92. The maximum atomic E-state index is 12.4. The van der Waals surface area contributed by atoms with Crippen molar-refractivity contribution in [3.05, 3.63) is 27.7 Å². The first-order chi connectivity index (χ1) is 7.97. The molecule has 1 aromatic heterocycles. The van der Waals surface area contributed by atoms with Crippen LogP contribution >= 0.6 is 0 Å². The van der Waals surface area contributed by atoms with E-state index >= 15 is 0 Å². The van der Waals surface area contributed by atoms with Crippen LogP contribution < -0.4 is 11.2 Å². The number of rotatable bonds is 4. The van der Waals surface area contributed by atoms with E-state index in [-0.39, 0.29) is 24.4 Å². The summed E-state index contributed by atoms with van der Waals surface area (Å²) in [6, 6.07) is 0. The second-order valence-electron chi connectivity index (χ2n) is 3.25. The third-order valence-electron chi connectivity index (χ3n) is 2.10. The summed E-state index contributed by atoms with van der Waals surface area (Å²) in [7, 11) is 0. The molecule has 0 aliphatic rings. The Kier molecular flexibility index (Phi) is 4.19. The van der Waals surface area contributed by atoms with Gasteiger partial charge >= 0.3 is 5.97 Å². The number of alkyl halides is 2. The number of carbonyl (C=O) groups is 1. The van der Waals surface area contributed by atoms with Crippen molar-refractivity contribution in [3.63, 3.8) is 0 Å². The first kappa shape index (κ1) is 13.1. The average molecular weight is 246 g/mol. The number of aromatic nitrogens is 1. The van der Waals surface area contributed by atoms with Gasteiger partial charge in [-0.3, -0.25) is 9.59 Å². The van der Waals surface area contributed by atoms with Crippen LogP contribution in [-0.4, -0.2) is 17.6 Å². The van der Waals surface area contributed by atoms with E-state index in [9.17, 15) is 18.4 Å². The number of nitrogens with one attached hydrogen (secondary N) is 1. The average Bonchev–Trinajstić information content (AvgIpc) is 2.25. The van der Waals surface area contributed by atoms with E-state index in [1.54, 1.807) is 6.92 Å². The molecule has 5 nitrogen and oxygen atoms in total. The number of ether oxygens (including phenoxy) is 1. The van der Waals surface area contributed by atoms with Gasteiger partial charge in [-0.05, 0) is 6.92 Å². The van der Waals surface area contributed by atoms with Crippen molar-refractivity contribution >= 4 is 11.7 Å². The molecule has 0 saturated heterocycles. The lowest BCUT2D eigenvalue weighted by Crippen LogP contribution is -2.20. The Labute approximate surface area is 95.6 Å². The van der Waals surface area contributed by atoms with Crippen LogP contribution in [0, 0.1) is 0 Å². The van der Waals surface area contributed by atoms with Gasteiger partial charge in [0.25, 0.3) is 6.43 Å². The van der Waals surface area contributed by atoms with Crippen LogP contribution in [0.2, 0.25) is 0 Å². The second kappa shape index (κ2) is 5.42. The zero-order valence-corrected chi connectivity index (χ0v) is 9.13. The molecule has 1 aromatic rings. The summed E-state index contributed by atoms with van der Waals surface area (Å²) in [5.41, 5.74) is 3.41. The molecule has 1 heterocycles. The number of pyridine rings is 1. The first-order valence-corrected chi connectivity index (χ1v) is 4.91. The highest BCUT2D eigenvalue weighted by Gasteiger charge is 2.17. The van der Waals surface area contributed by atoms with Crippen LogP contribution in [0.3, 0.4) is 0 Å². The summed E-state index contributed by atoms with van der Waals surface area (Å²) in [6.45, 7) is 1.82. The van der Waals surface area contributed by atoms with Crippen LogP contribution in [0.1, 0.15) is 24.6 Å². The van der Waals surface area contributed by atoms with Gasteiger partial charge in [-0.1, -0.05) is 0 Å². The predicted octanol–water partition coefficient (Wildman–Crippen LogP) is 1.00. The molecule has 0 spiro atoms. The van der Waals surface area contributed by atoms with Crippen molar-refractivity contribution < 1.29 is 18.3 Å². The number of H-pyrrole nitrogens is 1. The molecule has 3 N–H and O–H groups in total. The summed E-state index contributed by atoms with van der Waals surface area (Å²) >= 11 is 0. The van der Waals surface area contributed by atoms with Crippen molar-refractivity contribution in [3.8, 4) is 0 Å². The third-order valence-corrected chi connectivity index (χ3v) is 2.10. The molecule has 1 rings (SSSR count). The number of esters is 1. The largest absolute Gasteiger partial charge is 0.466 e. The molecular weight excluding hydrogens is 234 g/mol. The normalized spacial score (nSPS) is 10.6. The predicted molar refractivity (Wildman–Crippen MR) is 56.8 cm³/mol. The fourth-order valence-corrected chi connectivity index (χ4v) is 1.27. The van der Waals surface area contributed by atoms with Gasteiger partial charge in [0.1, 0.15) is 5.69 Å². The molecule has 0 fully saturated rings. The molecule has 0 aliphatic carbocycles. The van der Waals surface area contributed by atoms with Crippen LogP contribution in [0.4, 0.5) is 14.5 Å². The molecule has 94 valence electrons. The number of anilines is 1. The number of carbonyl (C=O) groups excluding carboxylic acids is 1. The van der Waals surface area contributed by atoms with Gasteiger partial charge in [-0.2, -0.15) is 0 Å². The lowest BCUT2D eigenvalue weighted by molar-refractivity contribution is -0.142. The SMILES string of the molecule is CCOC(=O)Cc1[nH]cc(C(F)F)c(=O)c1N. The second-order valence-corrected chi connectivity index (χ2v) is 3.25. The highest BCUT2D eigenvalue weighted by molar-refractivity contribution is 5.74. The van der Waals surface area contributed by atoms with Crippen LogP contribution in [0.25, 0.3) is 0 Å². The summed E-state index contributed by atoms with van der Waals surface area (Å²) in [6.07, 6.45) is -2.30. The van der Waals surface area contributed by atoms with Crippen molar-refractivity contribution in [2.24, 2.45) is 0 Å². The summed E-state index contributed by atoms with van der Waals surface area (Å²) < 4.78 is 29.4. The molecule has 0 saturated carbocycles. The maximum Gasteiger partial charge on any atom is 0.311 e. The number of hydrogen-bond acceptors (Lipinski definition) is 4. The minimum Gasteiger partial charge on any atom is -0.466 e. The maximum absolute atomic E-state index is 12.4. The smallest absolute Gasteiger partial charge is 0.311 e. The van der Waals surface area contributed by atoms with E-state index in [4.69, 9.17) is 5.73 Å². The summed E-state index contributed by atoms with van der Waals surface area (Å²) in [4.78, 5) is 25.0. The molecule has 0 amide bonds. The standard InChI is InChI=1S/C10H12F2N2O3/c1-2-17-7(15)3-6-8(13)9(16)5(4-14-6)10(11)12/h4,10H,2-3,13H2,1H3,(H,14,16). The molecular formula is C10H12F2N2O3. The van der Waals surface area contributed by atoms with Crippen LogP contribution in [-0.2, 0) is 16.0 Å². The van der Waals surface area contributed by atoms with E-state index in [1.165, 1.54) is 0 Å². The zero-order valence-electron chi connectivity index (χ0n) is 9.13. The fraction of sp³-hybridized carbons (Fsp3) is 0.400. The molecule has 0 aromatic carbocycles. The van der Waals surface area contributed by atoms with Gasteiger partial charge in [0.15, 0.2) is 0 Å². The van der Waals surface area contributed by atoms with Crippen LogP contribution in [0.5, 0.6) is 0 Å². The number of aromatic amines is 1. The Morgan fingerprint density at radius 3 is 2.76 bits per heavy atom. The van der Waals surface area contributed by atoms with E-state index in [2.05, 4.69) is 9.72 Å². The number of nitrogens with two attached hydrogens (primary N) is 1. The number of halogens is 2. The topological polar surface area (TPSA) is 85.2 Å². The van der Waals surface area contributed by atoms with Gasteiger partial charge in [0.2, 0.25) is 5.43 Å².